The summed E-state index contributed by atoms with van der Waals surface area (Å²) in [5, 5.41) is 14.0. The Kier molecular flexibility index (Phi) is 7.38. The molecule has 1 unspecified atom stereocenters. The van der Waals surface area contributed by atoms with Gasteiger partial charge in [-0.1, -0.05) is 25.5 Å². The first kappa shape index (κ1) is 22.2. The highest BCUT2D eigenvalue weighted by atomic mass is 16.3. The fourth-order valence-electron chi connectivity index (χ4n) is 4.55. The van der Waals surface area contributed by atoms with Crippen molar-refractivity contribution in [2.45, 2.75) is 52.1 Å². The third-order valence-corrected chi connectivity index (χ3v) is 6.12. The van der Waals surface area contributed by atoms with Crippen molar-refractivity contribution in [1.82, 2.24) is 9.80 Å². The molecule has 1 atom stereocenters. The van der Waals surface area contributed by atoms with Crippen molar-refractivity contribution in [2.24, 2.45) is 0 Å². The van der Waals surface area contributed by atoms with Crippen LogP contribution in [0.4, 0.5) is 5.69 Å². The second kappa shape index (κ2) is 9.98. The third-order valence-electron chi connectivity index (χ3n) is 6.12. The van der Waals surface area contributed by atoms with Gasteiger partial charge in [-0.3, -0.25) is 9.69 Å². The smallest absolute Gasteiger partial charge is 0.253 e. The molecule has 1 aliphatic heterocycles. The van der Waals surface area contributed by atoms with Crippen molar-refractivity contribution >= 4 is 11.6 Å². The summed E-state index contributed by atoms with van der Waals surface area (Å²) < 4.78 is 0. The summed E-state index contributed by atoms with van der Waals surface area (Å²) in [5.74, 6) is 0.355. The number of phenolic OH excluding ortho intramolecular Hbond substituents is 1. The molecule has 1 saturated heterocycles. The lowest BCUT2D eigenvalue weighted by Gasteiger charge is -2.44. The van der Waals surface area contributed by atoms with E-state index in [1.807, 2.05) is 55.1 Å². The van der Waals surface area contributed by atoms with Crippen molar-refractivity contribution in [3.63, 3.8) is 0 Å². The Hall–Kier alpha value is -2.53. The van der Waals surface area contributed by atoms with Gasteiger partial charge in [0.25, 0.3) is 5.91 Å². The Labute approximate surface area is 180 Å². The van der Waals surface area contributed by atoms with E-state index < -0.39 is 0 Å². The number of carbonyl (C=O) groups is 1. The van der Waals surface area contributed by atoms with E-state index >= 15 is 0 Å². The predicted octanol–water partition coefficient (Wildman–Crippen LogP) is 5.04. The van der Waals surface area contributed by atoms with Gasteiger partial charge in [0.2, 0.25) is 0 Å². The number of rotatable bonds is 9. The van der Waals surface area contributed by atoms with Crippen molar-refractivity contribution < 1.29 is 9.90 Å². The number of amides is 1. The molecule has 0 radical (unpaired) electrons. The number of likely N-dealkylation sites (tertiary alicyclic amines) is 1. The zero-order valence-corrected chi connectivity index (χ0v) is 18.5. The van der Waals surface area contributed by atoms with Gasteiger partial charge >= 0.3 is 0 Å². The minimum Gasteiger partial charge on any atom is -0.508 e. The molecule has 0 saturated carbocycles. The fourth-order valence-corrected chi connectivity index (χ4v) is 4.55. The molecule has 162 valence electrons. The highest BCUT2D eigenvalue weighted by Gasteiger charge is 2.39. The molecular weight excluding hydrogens is 374 g/mol. The molecule has 1 amide bonds. The molecule has 3 rings (SSSR count). The highest BCUT2D eigenvalue weighted by Crippen LogP contribution is 2.38. The van der Waals surface area contributed by atoms with E-state index in [0.29, 0.717) is 18.7 Å². The van der Waals surface area contributed by atoms with Gasteiger partial charge in [0.05, 0.1) is 0 Å². The number of benzene rings is 2. The molecule has 0 spiro atoms. The maximum absolute atomic E-state index is 12.6. The topological polar surface area (TPSA) is 55.8 Å². The lowest BCUT2D eigenvalue weighted by molar-refractivity contribution is 0.0773. The quantitative estimate of drug-likeness (QED) is 0.610. The van der Waals surface area contributed by atoms with Gasteiger partial charge in [0.15, 0.2) is 0 Å². The zero-order chi connectivity index (χ0) is 21.6. The fraction of sp³-hybridized carbons (Fsp3) is 0.480. The van der Waals surface area contributed by atoms with E-state index in [2.05, 4.69) is 23.2 Å². The number of nitrogens with one attached hydrogen (secondary N) is 1. The zero-order valence-electron chi connectivity index (χ0n) is 18.5. The Morgan fingerprint density at radius 3 is 2.30 bits per heavy atom. The molecule has 1 fully saturated rings. The molecule has 5 nitrogen and oxygen atoms in total. The number of hydrogen-bond donors (Lipinski definition) is 2. The van der Waals surface area contributed by atoms with Gasteiger partial charge in [0, 0.05) is 37.4 Å². The van der Waals surface area contributed by atoms with Crippen LogP contribution in [-0.2, 0) is 5.66 Å². The van der Waals surface area contributed by atoms with Crippen LogP contribution in [0.3, 0.4) is 0 Å². The van der Waals surface area contributed by atoms with Gasteiger partial charge in [-0.2, -0.15) is 0 Å². The van der Waals surface area contributed by atoms with Crippen molar-refractivity contribution in [1.29, 1.82) is 0 Å². The van der Waals surface area contributed by atoms with Crippen LogP contribution in [0, 0.1) is 0 Å². The van der Waals surface area contributed by atoms with Gasteiger partial charge in [-0.05, 0) is 75.1 Å². The Balaban J connectivity index is 1.94. The van der Waals surface area contributed by atoms with Crippen LogP contribution in [0.1, 0.15) is 62.4 Å². The summed E-state index contributed by atoms with van der Waals surface area (Å²) in [6, 6.07) is 15.4. The average Bonchev–Trinajstić information content (AvgIpc) is 3.30. The number of carbonyl (C=O) groups excluding carboxylic acids is 1. The number of nitrogens with zero attached hydrogens (tertiary/aromatic N) is 2. The molecule has 30 heavy (non-hydrogen) atoms. The van der Waals surface area contributed by atoms with Crippen LogP contribution >= 0.6 is 0 Å². The minimum atomic E-state index is -0.381. The number of hydrogen-bond acceptors (Lipinski definition) is 4. The molecule has 0 aromatic heterocycles. The van der Waals surface area contributed by atoms with Crippen LogP contribution < -0.4 is 5.32 Å². The third kappa shape index (κ3) is 4.62. The number of phenols is 1. The maximum Gasteiger partial charge on any atom is 0.253 e. The normalized spacial score (nSPS) is 16.2. The van der Waals surface area contributed by atoms with Crippen LogP contribution in [0.5, 0.6) is 5.75 Å². The summed E-state index contributed by atoms with van der Waals surface area (Å²) in [6.07, 6.45) is 4.31. The van der Waals surface area contributed by atoms with Crippen LogP contribution in [0.25, 0.3) is 0 Å². The molecular formula is C25H35N3O2. The first-order chi connectivity index (χ1) is 14.5. The van der Waals surface area contributed by atoms with Crippen molar-refractivity contribution in [3.8, 4) is 5.75 Å². The Morgan fingerprint density at radius 1 is 1.07 bits per heavy atom. The van der Waals surface area contributed by atoms with Crippen LogP contribution in [0.2, 0.25) is 0 Å². The largest absolute Gasteiger partial charge is 0.508 e. The molecule has 0 aliphatic carbocycles. The minimum absolute atomic E-state index is 0.0684. The van der Waals surface area contributed by atoms with Crippen LogP contribution in [-0.4, -0.2) is 47.0 Å². The number of anilines is 1. The van der Waals surface area contributed by atoms with Gasteiger partial charge in [-0.25, -0.2) is 0 Å². The lowest BCUT2D eigenvalue weighted by Crippen LogP contribution is -2.50. The summed E-state index contributed by atoms with van der Waals surface area (Å²) >= 11 is 0. The number of aromatic hydroxyl groups is 1. The first-order valence-corrected chi connectivity index (χ1v) is 11.3. The van der Waals surface area contributed by atoms with E-state index in [1.54, 1.807) is 6.07 Å². The molecule has 0 bridgehead atoms. The van der Waals surface area contributed by atoms with Gasteiger partial charge in [-0.15, -0.1) is 0 Å². The Morgan fingerprint density at radius 2 is 1.73 bits per heavy atom. The van der Waals surface area contributed by atoms with E-state index in [1.165, 1.54) is 12.8 Å². The van der Waals surface area contributed by atoms with E-state index in [0.717, 1.165) is 37.2 Å². The second-order valence-electron chi connectivity index (χ2n) is 8.03. The molecule has 2 aromatic carbocycles. The summed E-state index contributed by atoms with van der Waals surface area (Å²) in [4.78, 5) is 17.0. The monoisotopic (exact) mass is 409 g/mol. The summed E-state index contributed by atoms with van der Waals surface area (Å²) in [7, 11) is 0. The summed E-state index contributed by atoms with van der Waals surface area (Å²) in [6.45, 7) is 9.68. The van der Waals surface area contributed by atoms with E-state index in [4.69, 9.17) is 0 Å². The molecule has 2 aromatic rings. The molecule has 1 heterocycles. The molecule has 5 heteroatoms. The first-order valence-electron chi connectivity index (χ1n) is 11.3. The SMILES string of the molecule is CCCC(Nc1ccc(C(=O)N(CC)CC)cc1)(c1cccc(O)c1)N1CCCC1. The van der Waals surface area contributed by atoms with E-state index in [9.17, 15) is 9.90 Å². The van der Waals surface area contributed by atoms with Gasteiger partial charge < -0.3 is 15.3 Å². The van der Waals surface area contributed by atoms with Gasteiger partial charge in [0.1, 0.15) is 11.4 Å². The highest BCUT2D eigenvalue weighted by molar-refractivity contribution is 5.94. The average molecular weight is 410 g/mol. The maximum atomic E-state index is 12.6. The van der Waals surface area contributed by atoms with Crippen molar-refractivity contribution in [3.05, 3.63) is 59.7 Å². The standard InChI is InChI=1S/C25H35N3O2/c1-4-16-25(28-17-7-8-18-28,21-10-9-11-23(29)19-21)26-22-14-12-20(13-15-22)24(30)27(5-2)6-3/h9-15,19,26,29H,4-8,16-18H2,1-3H3. The molecule has 1 aliphatic rings. The molecule has 2 N–H and O–H groups in total. The van der Waals surface area contributed by atoms with Crippen molar-refractivity contribution in [2.75, 3.05) is 31.5 Å². The Bertz CT molecular complexity index is 827. The van der Waals surface area contributed by atoms with Crippen LogP contribution in [0.15, 0.2) is 48.5 Å². The second-order valence-corrected chi connectivity index (χ2v) is 8.03. The van der Waals surface area contributed by atoms with E-state index in [-0.39, 0.29) is 17.3 Å². The summed E-state index contributed by atoms with van der Waals surface area (Å²) in [5.41, 5.74) is 2.39. The predicted molar refractivity (Wildman–Crippen MR) is 123 cm³/mol. The lowest BCUT2D eigenvalue weighted by atomic mass is 9.91.